The first kappa shape index (κ1) is 11.3. The number of phenolic OH excluding ortho intramolecular Hbond substituents is 1. The van der Waals surface area contributed by atoms with Crippen LogP contribution < -0.4 is 10.6 Å². The van der Waals surface area contributed by atoms with Crippen LogP contribution in [0.5, 0.6) is 11.5 Å². The maximum absolute atomic E-state index is 9.74. The molecule has 0 unspecified atom stereocenters. The Bertz CT molecular complexity index is 317. The molecule has 0 aliphatic rings. The van der Waals surface area contributed by atoms with Gasteiger partial charge in [0.2, 0.25) is 0 Å². The summed E-state index contributed by atoms with van der Waals surface area (Å²) in [6.45, 7) is 0.347. The summed E-state index contributed by atoms with van der Waals surface area (Å²) in [4.78, 5) is 4.46. The maximum Gasteiger partial charge on any atom is 0.162 e. The molecule has 0 spiro atoms. The molecule has 0 saturated heterocycles. The van der Waals surface area contributed by atoms with E-state index in [1.807, 2.05) is 6.07 Å². The second-order valence-corrected chi connectivity index (χ2v) is 3.55. The molecule has 0 bridgehead atoms. The smallest absolute Gasteiger partial charge is 0.162 e. The van der Waals surface area contributed by atoms with E-state index in [4.69, 9.17) is 10.6 Å². The number of rotatable bonds is 4. The molecule has 1 rings (SSSR count). The predicted molar refractivity (Wildman–Crippen MR) is 56.2 cm³/mol. The van der Waals surface area contributed by atoms with Gasteiger partial charge in [-0.25, -0.2) is 5.90 Å². The normalized spacial score (nSPS) is 10.2. The first-order valence-corrected chi connectivity index (χ1v) is 4.86. The molecule has 0 aliphatic heterocycles. The largest absolute Gasteiger partial charge is 0.504 e. The first-order valence-electron chi connectivity index (χ1n) is 4.06. The van der Waals surface area contributed by atoms with E-state index in [0.29, 0.717) is 18.8 Å². The summed E-state index contributed by atoms with van der Waals surface area (Å²) < 4.78 is 5.79. The quantitative estimate of drug-likeness (QED) is 0.809. The van der Waals surface area contributed by atoms with E-state index in [0.717, 1.165) is 10.0 Å². The van der Waals surface area contributed by atoms with Crippen LogP contribution in [0.2, 0.25) is 0 Å². The van der Waals surface area contributed by atoms with Crippen molar-refractivity contribution in [3.05, 3.63) is 22.2 Å². The van der Waals surface area contributed by atoms with Crippen molar-refractivity contribution in [1.82, 2.24) is 0 Å². The third kappa shape index (κ3) is 2.37. The van der Waals surface area contributed by atoms with Gasteiger partial charge in [-0.1, -0.05) is 15.9 Å². The average Bonchev–Trinajstić information content (AvgIpc) is 2.18. The zero-order chi connectivity index (χ0) is 10.6. The van der Waals surface area contributed by atoms with Crippen LogP contribution in [0.25, 0.3) is 0 Å². The highest BCUT2D eigenvalue weighted by Gasteiger charge is 2.11. The van der Waals surface area contributed by atoms with Crippen molar-refractivity contribution >= 4 is 15.9 Å². The Morgan fingerprint density at radius 3 is 2.79 bits per heavy atom. The van der Waals surface area contributed by atoms with Gasteiger partial charge in [0, 0.05) is 16.5 Å². The van der Waals surface area contributed by atoms with Crippen LogP contribution in [0.3, 0.4) is 0 Å². The van der Waals surface area contributed by atoms with Crippen molar-refractivity contribution in [1.29, 1.82) is 0 Å². The maximum atomic E-state index is 9.74. The SMILES string of the molecule is COc1ccc(Br)c(CCON)c1O. The van der Waals surface area contributed by atoms with Crippen molar-refractivity contribution in [3.63, 3.8) is 0 Å². The van der Waals surface area contributed by atoms with Gasteiger partial charge < -0.3 is 14.7 Å². The van der Waals surface area contributed by atoms with Gasteiger partial charge in [-0.05, 0) is 12.1 Å². The van der Waals surface area contributed by atoms with E-state index >= 15 is 0 Å². The second kappa shape index (κ2) is 5.19. The molecule has 0 heterocycles. The number of ether oxygens (including phenoxy) is 1. The number of phenols is 1. The Kier molecular flexibility index (Phi) is 4.19. The Balaban J connectivity index is 2.99. The fraction of sp³-hybridized carbons (Fsp3) is 0.333. The van der Waals surface area contributed by atoms with Crippen LogP contribution in [0.4, 0.5) is 0 Å². The van der Waals surface area contributed by atoms with Gasteiger partial charge in [-0.2, -0.15) is 0 Å². The minimum absolute atomic E-state index is 0.124. The molecule has 14 heavy (non-hydrogen) atoms. The Morgan fingerprint density at radius 2 is 2.21 bits per heavy atom. The van der Waals surface area contributed by atoms with Crippen LogP contribution >= 0.6 is 15.9 Å². The lowest BCUT2D eigenvalue weighted by molar-refractivity contribution is 0.140. The molecule has 0 saturated carbocycles. The van der Waals surface area contributed by atoms with Gasteiger partial charge in [-0.15, -0.1) is 0 Å². The molecule has 0 aromatic heterocycles. The van der Waals surface area contributed by atoms with E-state index in [-0.39, 0.29) is 5.75 Å². The molecule has 0 fully saturated rings. The highest BCUT2D eigenvalue weighted by Crippen LogP contribution is 2.35. The third-order valence-electron chi connectivity index (χ3n) is 1.88. The third-order valence-corrected chi connectivity index (χ3v) is 2.62. The fourth-order valence-corrected chi connectivity index (χ4v) is 1.67. The minimum Gasteiger partial charge on any atom is -0.504 e. The van der Waals surface area contributed by atoms with E-state index in [9.17, 15) is 5.11 Å². The number of hydrogen-bond acceptors (Lipinski definition) is 4. The van der Waals surface area contributed by atoms with Crippen molar-refractivity contribution in [2.75, 3.05) is 13.7 Å². The molecule has 3 N–H and O–H groups in total. The van der Waals surface area contributed by atoms with Gasteiger partial charge >= 0.3 is 0 Å². The van der Waals surface area contributed by atoms with Gasteiger partial charge in [0.25, 0.3) is 0 Å². The van der Waals surface area contributed by atoms with Crippen molar-refractivity contribution in [2.24, 2.45) is 5.90 Å². The lowest BCUT2D eigenvalue weighted by Gasteiger charge is -2.10. The zero-order valence-corrected chi connectivity index (χ0v) is 9.37. The summed E-state index contributed by atoms with van der Waals surface area (Å²) in [6.07, 6.45) is 0.528. The number of aromatic hydroxyl groups is 1. The molecular weight excluding hydrogens is 250 g/mol. The lowest BCUT2D eigenvalue weighted by atomic mass is 10.1. The standard InChI is InChI=1S/C9H12BrNO3/c1-13-8-3-2-7(10)6(9(8)12)4-5-14-11/h2-3,12H,4-5,11H2,1H3. The Hall–Kier alpha value is -0.780. The van der Waals surface area contributed by atoms with Gasteiger partial charge in [0.15, 0.2) is 11.5 Å². The summed E-state index contributed by atoms with van der Waals surface area (Å²) >= 11 is 3.33. The molecule has 0 amide bonds. The Morgan fingerprint density at radius 1 is 1.50 bits per heavy atom. The van der Waals surface area contributed by atoms with Gasteiger partial charge in [0.05, 0.1) is 13.7 Å². The van der Waals surface area contributed by atoms with Gasteiger partial charge in [-0.3, -0.25) is 0 Å². The van der Waals surface area contributed by atoms with E-state index < -0.39 is 0 Å². The summed E-state index contributed by atoms with van der Waals surface area (Å²) in [5.74, 6) is 5.49. The highest BCUT2D eigenvalue weighted by atomic mass is 79.9. The van der Waals surface area contributed by atoms with Crippen LogP contribution in [0, 0.1) is 0 Å². The molecule has 5 heteroatoms. The average molecular weight is 262 g/mol. The molecule has 4 nitrogen and oxygen atoms in total. The van der Waals surface area contributed by atoms with Crippen molar-refractivity contribution < 1.29 is 14.7 Å². The summed E-state index contributed by atoms with van der Waals surface area (Å²) in [7, 11) is 1.51. The summed E-state index contributed by atoms with van der Waals surface area (Å²) in [5.41, 5.74) is 0.731. The van der Waals surface area contributed by atoms with Crippen LogP contribution in [-0.2, 0) is 11.3 Å². The fourth-order valence-electron chi connectivity index (χ4n) is 1.15. The predicted octanol–water partition coefficient (Wildman–Crippen LogP) is 1.60. The molecule has 0 radical (unpaired) electrons. The van der Waals surface area contributed by atoms with Gasteiger partial charge in [0.1, 0.15) is 0 Å². The number of nitrogens with two attached hydrogens (primary N) is 1. The zero-order valence-electron chi connectivity index (χ0n) is 7.79. The first-order chi connectivity index (χ1) is 6.70. The minimum atomic E-state index is 0.124. The molecule has 0 atom stereocenters. The molecule has 1 aromatic rings. The summed E-state index contributed by atoms with van der Waals surface area (Å²) in [5, 5.41) is 9.74. The van der Waals surface area contributed by atoms with Crippen LogP contribution in [0.15, 0.2) is 16.6 Å². The number of halogens is 1. The number of benzene rings is 1. The Labute approximate surface area is 90.7 Å². The van der Waals surface area contributed by atoms with Crippen molar-refractivity contribution in [2.45, 2.75) is 6.42 Å². The topological polar surface area (TPSA) is 64.7 Å². The van der Waals surface area contributed by atoms with E-state index in [1.165, 1.54) is 7.11 Å². The second-order valence-electron chi connectivity index (χ2n) is 2.70. The lowest BCUT2D eigenvalue weighted by Crippen LogP contribution is -2.04. The highest BCUT2D eigenvalue weighted by molar-refractivity contribution is 9.10. The van der Waals surface area contributed by atoms with E-state index in [1.54, 1.807) is 6.07 Å². The molecular formula is C9H12BrNO3. The van der Waals surface area contributed by atoms with E-state index in [2.05, 4.69) is 20.8 Å². The number of methoxy groups -OCH3 is 1. The van der Waals surface area contributed by atoms with Crippen LogP contribution in [0.1, 0.15) is 5.56 Å². The molecule has 0 aliphatic carbocycles. The molecule has 1 aromatic carbocycles. The monoisotopic (exact) mass is 261 g/mol. The number of hydrogen-bond donors (Lipinski definition) is 2. The van der Waals surface area contributed by atoms with Crippen LogP contribution in [-0.4, -0.2) is 18.8 Å². The summed E-state index contributed by atoms with van der Waals surface area (Å²) in [6, 6.07) is 3.50. The molecule has 78 valence electrons. The van der Waals surface area contributed by atoms with Crippen molar-refractivity contribution in [3.8, 4) is 11.5 Å².